The first-order valence-electron chi connectivity index (χ1n) is 6.14. The third kappa shape index (κ3) is 3.95. The summed E-state index contributed by atoms with van der Waals surface area (Å²) >= 11 is 1.89. The predicted molar refractivity (Wildman–Crippen MR) is 84.7 cm³/mol. The van der Waals surface area contributed by atoms with E-state index in [9.17, 15) is 9.18 Å². The Morgan fingerprint density at radius 2 is 1.95 bits per heavy atom. The van der Waals surface area contributed by atoms with Crippen molar-refractivity contribution < 1.29 is 9.18 Å². The Morgan fingerprint density at radius 1 is 1.37 bits per heavy atom. The molecule has 0 saturated heterocycles. The second kappa shape index (κ2) is 6.93. The Balaban J connectivity index is 2.86. The zero-order valence-corrected chi connectivity index (χ0v) is 13.6. The molecule has 4 nitrogen and oxygen atoms in total. The maximum Gasteiger partial charge on any atom is 0.242 e. The summed E-state index contributed by atoms with van der Waals surface area (Å²) in [6.45, 7) is 5.38. The highest BCUT2D eigenvalue weighted by Crippen LogP contribution is 2.26. The topological polar surface area (TPSA) is 49.6 Å². The van der Waals surface area contributed by atoms with E-state index < -0.39 is 0 Å². The summed E-state index contributed by atoms with van der Waals surface area (Å²) < 4.78 is 14.0. The first kappa shape index (κ1) is 16.0. The van der Waals surface area contributed by atoms with Gasteiger partial charge in [0.2, 0.25) is 5.91 Å². The van der Waals surface area contributed by atoms with Gasteiger partial charge in [-0.05, 0) is 42.5 Å². The minimum Gasteiger partial charge on any atom is -0.397 e. The van der Waals surface area contributed by atoms with E-state index in [0.717, 1.165) is 0 Å². The van der Waals surface area contributed by atoms with Crippen LogP contribution in [0.15, 0.2) is 12.1 Å². The highest BCUT2D eigenvalue weighted by Gasteiger charge is 2.15. The van der Waals surface area contributed by atoms with Crippen LogP contribution >= 0.6 is 22.6 Å². The largest absolute Gasteiger partial charge is 0.397 e. The van der Waals surface area contributed by atoms with Crippen molar-refractivity contribution in [2.75, 3.05) is 37.3 Å². The molecule has 1 amide bonds. The van der Waals surface area contributed by atoms with E-state index in [1.807, 2.05) is 36.4 Å². The fourth-order valence-electron chi connectivity index (χ4n) is 1.85. The molecule has 0 atom stereocenters. The van der Waals surface area contributed by atoms with Crippen molar-refractivity contribution in [2.45, 2.75) is 13.8 Å². The molecule has 0 radical (unpaired) electrons. The standard InChI is InChI=1S/C13H19FIN3O/c1-4-18(5-2)13(19)8-17(3)12-6-9(14)10(15)7-11(12)16/h6-7H,4-5,8,16H2,1-3H3. The van der Waals surface area contributed by atoms with Gasteiger partial charge in [-0.3, -0.25) is 4.79 Å². The Bertz CT molecular complexity index is 463. The van der Waals surface area contributed by atoms with E-state index in [1.165, 1.54) is 6.07 Å². The molecule has 0 aliphatic heterocycles. The molecule has 0 aliphatic rings. The predicted octanol–water partition coefficient (Wildman–Crippen LogP) is 2.32. The summed E-state index contributed by atoms with van der Waals surface area (Å²) in [4.78, 5) is 15.4. The summed E-state index contributed by atoms with van der Waals surface area (Å²) in [6.07, 6.45) is 0. The molecule has 0 aromatic heterocycles. The number of halogens is 2. The lowest BCUT2D eigenvalue weighted by atomic mass is 10.2. The van der Waals surface area contributed by atoms with E-state index in [0.29, 0.717) is 28.0 Å². The van der Waals surface area contributed by atoms with Gasteiger partial charge >= 0.3 is 0 Å². The van der Waals surface area contributed by atoms with E-state index in [4.69, 9.17) is 5.73 Å². The second-order valence-electron chi connectivity index (χ2n) is 4.25. The normalized spacial score (nSPS) is 10.4. The zero-order chi connectivity index (χ0) is 14.6. The molecule has 19 heavy (non-hydrogen) atoms. The highest BCUT2D eigenvalue weighted by atomic mass is 127. The minimum atomic E-state index is -0.327. The summed E-state index contributed by atoms with van der Waals surface area (Å²) in [6, 6.07) is 2.94. The molecule has 0 unspecified atom stereocenters. The number of carbonyl (C=O) groups is 1. The van der Waals surface area contributed by atoms with E-state index in [2.05, 4.69) is 0 Å². The van der Waals surface area contributed by atoms with Gasteiger partial charge in [0, 0.05) is 26.2 Å². The Morgan fingerprint density at radius 3 is 2.47 bits per heavy atom. The summed E-state index contributed by atoms with van der Waals surface area (Å²) in [7, 11) is 1.74. The quantitative estimate of drug-likeness (QED) is 0.631. The Hall–Kier alpha value is -1.05. The van der Waals surface area contributed by atoms with E-state index >= 15 is 0 Å². The van der Waals surface area contributed by atoms with Gasteiger partial charge in [-0.15, -0.1) is 0 Å². The molecule has 1 rings (SSSR count). The molecule has 6 heteroatoms. The minimum absolute atomic E-state index is 0.00542. The number of carbonyl (C=O) groups excluding carboxylic acids is 1. The van der Waals surface area contributed by atoms with Crippen molar-refractivity contribution >= 4 is 39.9 Å². The van der Waals surface area contributed by atoms with Crippen molar-refractivity contribution in [1.82, 2.24) is 4.90 Å². The molecule has 1 aromatic carbocycles. The van der Waals surface area contributed by atoms with Gasteiger partial charge in [-0.25, -0.2) is 4.39 Å². The number of anilines is 2. The molecular formula is C13H19FIN3O. The molecule has 0 fully saturated rings. The first-order chi connectivity index (χ1) is 8.90. The third-order valence-corrected chi connectivity index (χ3v) is 3.80. The van der Waals surface area contributed by atoms with E-state index in [1.54, 1.807) is 22.9 Å². The molecule has 0 saturated carbocycles. The van der Waals surface area contributed by atoms with Crippen LogP contribution in [0.25, 0.3) is 0 Å². The SMILES string of the molecule is CCN(CC)C(=O)CN(C)c1cc(F)c(I)cc1N. The number of rotatable bonds is 5. The van der Waals surface area contributed by atoms with Gasteiger partial charge < -0.3 is 15.5 Å². The second-order valence-corrected chi connectivity index (χ2v) is 5.41. The Labute approximate surface area is 126 Å². The summed E-state index contributed by atoms with van der Waals surface area (Å²) in [5, 5.41) is 0. The van der Waals surface area contributed by atoms with Gasteiger partial charge in [-0.1, -0.05) is 0 Å². The van der Waals surface area contributed by atoms with Gasteiger partial charge in [0.15, 0.2) is 0 Å². The lowest BCUT2D eigenvalue weighted by molar-refractivity contribution is -0.129. The fraction of sp³-hybridized carbons (Fsp3) is 0.462. The van der Waals surface area contributed by atoms with Gasteiger partial charge in [0.25, 0.3) is 0 Å². The number of nitrogen functional groups attached to an aromatic ring is 1. The van der Waals surface area contributed by atoms with Crippen molar-refractivity contribution in [1.29, 1.82) is 0 Å². The molecule has 0 bridgehead atoms. The van der Waals surface area contributed by atoms with Crippen molar-refractivity contribution in [3.63, 3.8) is 0 Å². The number of likely N-dealkylation sites (N-methyl/N-ethyl adjacent to an activating group) is 2. The summed E-state index contributed by atoms with van der Waals surface area (Å²) in [5.41, 5.74) is 6.88. The maximum atomic E-state index is 13.6. The van der Waals surface area contributed by atoms with Crippen LogP contribution < -0.4 is 10.6 Å². The number of hydrogen-bond donors (Lipinski definition) is 1. The van der Waals surface area contributed by atoms with Crippen LogP contribution in [0.2, 0.25) is 0 Å². The Kier molecular flexibility index (Phi) is 5.84. The number of benzene rings is 1. The monoisotopic (exact) mass is 379 g/mol. The van der Waals surface area contributed by atoms with Crippen molar-refractivity contribution in [3.8, 4) is 0 Å². The number of amides is 1. The average molecular weight is 379 g/mol. The number of hydrogen-bond acceptors (Lipinski definition) is 3. The molecular weight excluding hydrogens is 360 g/mol. The molecule has 0 spiro atoms. The van der Waals surface area contributed by atoms with Crippen LogP contribution in [0.4, 0.5) is 15.8 Å². The van der Waals surface area contributed by atoms with Crippen LogP contribution in [0.5, 0.6) is 0 Å². The maximum absolute atomic E-state index is 13.6. The lowest BCUT2D eigenvalue weighted by Crippen LogP contribution is -2.39. The van der Waals surface area contributed by atoms with Crippen molar-refractivity contribution in [3.05, 3.63) is 21.5 Å². The summed E-state index contributed by atoms with van der Waals surface area (Å²) in [5.74, 6) is -0.321. The fourth-order valence-corrected chi connectivity index (χ4v) is 2.34. The molecule has 0 heterocycles. The zero-order valence-electron chi connectivity index (χ0n) is 11.4. The lowest BCUT2D eigenvalue weighted by Gasteiger charge is -2.25. The average Bonchev–Trinajstić information content (AvgIpc) is 2.35. The van der Waals surface area contributed by atoms with E-state index in [-0.39, 0.29) is 18.3 Å². The van der Waals surface area contributed by atoms with Crippen LogP contribution in [-0.2, 0) is 4.79 Å². The molecule has 1 aromatic rings. The number of nitrogens with two attached hydrogens (primary N) is 1. The van der Waals surface area contributed by atoms with Crippen LogP contribution in [0, 0.1) is 9.39 Å². The first-order valence-corrected chi connectivity index (χ1v) is 7.22. The number of nitrogens with zero attached hydrogens (tertiary/aromatic N) is 2. The van der Waals surface area contributed by atoms with Gasteiger partial charge in [0.1, 0.15) is 5.82 Å². The smallest absolute Gasteiger partial charge is 0.242 e. The molecule has 0 aliphatic carbocycles. The van der Waals surface area contributed by atoms with Gasteiger partial charge in [-0.2, -0.15) is 0 Å². The van der Waals surface area contributed by atoms with Crippen LogP contribution in [0.3, 0.4) is 0 Å². The highest BCUT2D eigenvalue weighted by molar-refractivity contribution is 14.1. The van der Waals surface area contributed by atoms with Gasteiger partial charge in [0.05, 0.1) is 21.5 Å². The van der Waals surface area contributed by atoms with Crippen molar-refractivity contribution in [2.24, 2.45) is 0 Å². The van der Waals surface area contributed by atoms with Crippen LogP contribution in [-0.4, -0.2) is 37.5 Å². The molecule has 106 valence electrons. The third-order valence-electron chi connectivity index (χ3n) is 2.97. The molecule has 2 N–H and O–H groups in total. The van der Waals surface area contributed by atoms with Crippen LogP contribution in [0.1, 0.15) is 13.8 Å².